The molecule has 0 aliphatic rings. The molecule has 0 spiro atoms. The first-order valence-corrected chi connectivity index (χ1v) is 5.99. The standard InChI is InChI=1S/C9H14BrNO2S/c1-6-9(10)2-8(14-6)4-11-3-7(13)5-12/h2,7,11-13H,3-5H2,1H3. The highest BCUT2D eigenvalue weighted by Crippen LogP contribution is 2.25. The molecule has 0 saturated carbocycles. The van der Waals surface area contributed by atoms with Crippen molar-refractivity contribution in [1.29, 1.82) is 0 Å². The van der Waals surface area contributed by atoms with Crippen molar-refractivity contribution in [1.82, 2.24) is 5.32 Å². The first kappa shape index (κ1) is 12.1. The SMILES string of the molecule is Cc1sc(CNCC(O)CO)cc1Br. The fourth-order valence-electron chi connectivity index (χ4n) is 1.03. The van der Waals surface area contributed by atoms with E-state index in [-0.39, 0.29) is 6.61 Å². The van der Waals surface area contributed by atoms with E-state index in [0.717, 1.165) is 11.0 Å². The predicted octanol–water partition coefficient (Wildman–Crippen LogP) is 1.26. The maximum absolute atomic E-state index is 9.08. The third-order valence-corrected chi connectivity index (χ3v) is 3.93. The summed E-state index contributed by atoms with van der Waals surface area (Å²) < 4.78 is 1.13. The highest BCUT2D eigenvalue weighted by atomic mass is 79.9. The van der Waals surface area contributed by atoms with Gasteiger partial charge in [0.05, 0.1) is 12.7 Å². The maximum Gasteiger partial charge on any atom is 0.0895 e. The fourth-order valence-corrected chi connectivity index (χ4v) is 2.60. The van der Waals surface area contributed by atoms with Crippen LogP contribution in [0.3, 0.4) is 0 Å². The molecule has 3 N–H and O–H groups in total. The number of halogens is 1. The average molecular weight is 280 g/mol. The number of aryl methyl sites for hydroxylation is 1. The Morgan fingerprint density at radius 1 is 1.64 bits per heavy atom. The smallest absolute Gasteiger partial charge is 0.0895 e. The molecule has 0 saturated heterocycles. The minimum atomic E-state index is -0.667. The first-order chi connectivity index (χ1) is 6.63. The molecule has 1 heterocycles. The summed E-state index contributed by atoms with van der Waals surface area (Å²) in [5.41, 5.74) is 0. The molecule has 80 valence electrons. The molecular weight excluding hydrogens is 266 g/mol. The molecule has 1 unspecified atom stereocenters. The molecule has 1 atom stereocenters. The molecule has 14 heavy (non-hydrogen) atoms. The Morgan fingerprint density at radius 3 is 2.86 bits per heavy atom. The van der Waals surface area contributed by atoms with Crippen molar-refractivity contribution in [3.8, 4) is 0 Å². The van der Waals surface area contributed by atoms with Gasteiger partial charge in [0.1, 0.15) is 0 Å². The van der Waals surface area contributed by atoms with Gasteiger partial charge >= 0.3 is 0 Å². The van der Waals surface area contributed by atoms with Crippen LogP contribution in [0.2, 0.25) is 0 Å². The lowest BCUT2D eigenvalue weighted by Gasteiger charge is -2.07. The summed E-state index contributed by atoms with van der Waals surface area (Å²) in [7, 11) is 0. The lowest BCUT2D eigenvalue weighted by Crippen LogP contribution is -2.28. The minimum Gasteiger partial charge on any atom is -0.394 e. The number of aliphatic hydroxyl groups is 2. The van der Waals surface area contributed by atoms with E-state index in [4.69, 9.17) is 10.2 Å². The van der Waals surface area contributed by atoms with E-state index in [9.17, 15) is 0 Å². The van der Waals surface area contributed by atoms with E-state index in [2.05, 4.69) is 34.2 Å². The van der Waals surface area contributed by atoms with Crippen molar-refractivity contribution in [3.63, 3.8) is 0 Å². The molecule has 0 radical (unpaired) electrons. The normalized spacial score (nSPS) is 13.1. The Kier molecular flexibility index (Phi) is 5.05. The van der Waals surface area contributed by atoms with Gasteiger partial charge in [0.2, 0.25) is 0 Å². The van der Waals surface area contributed by atoms with Crippen molar-refractivity contribution in [3.05, 3.63) is 20.3 Å². The van der Waals surface area contributed by atoms with Gasteiger partial charge in [-0.25, -0.2) is 0 Å². The Labute approximate surface area is 95.9 Å². The Morgan fingerprint density at radius 2 is 2.36 bits per heavy atom. The van der Waals surface area contributed by atoms with Crippen LogP contribution in [0.1, 0.15) is 9.75 Å². The van der Waals surface area contributed by atoms with Gasteiger partial charge < -0.3 is 15.5 Å². The van der Waals surface area contributed by atoms with Gasteiger partial charge in [-0.1, -0.05) is 0 Å². The molecule has 0 bridgehead atoms. The second kappa shape index (κ2) is 5.82. The third kappa shape index (κ3) is 3.67. The van der Waals surface area contributed by atoms with Gasteiger partial charge in [0.25, 0.3) is 0 Å². The van der Waals surface area contributed by atoms with Gasteiger partial charge in [-0.2, -0.15) is 0 Å². The molecule has 0 aliphatic carbocycles. The molecule has 0 amide bonds. The molecular formula is C9H14BrNO2S. The van der Waals surface area contributed by atoms with Crippen LogP contribution in [-0.4, -0.2) is 29.5 Å². The van der Waals surface area contributed by atoms with E-state index >= 15 is 0 Å². The van der Waals surface area contributed by atoms with E-state index in [1.165, 1.54) is 9.75 Å². The largest absolute Gasteiger partial charge is 0.394 e. The zero-order valence-electron chi connectivity index (χ0n) is 7.96. The number of thiophene rings is 1. The van der Waals surface area contributed by atoms with Gasteiger partial charge in [-0.05, 0) is 28.9 Å². The summed E-state index contributed by atoms with van der Waals surface area (Å²) >= 11 is 5.16. The predicted molar refractivity (Wildman–Crippen MR) is 61.6 cm³/mol. The van der Waals surface area contributed by atoms with Crippen molar-refractivity contribution < 1.29 is 10.2 Å². The van der Waals surface area contributed by atoms with Crippen molar-refractivity contribution in [2.24, 2.45) is 0 Å². The van der Waals surface area contributed by atoms with Gasteiger partial charge in [0.15, 0.2) is 0 Å². The number of aliphatic hydroxyl groups excluding tert-OH is 2. The number of hydrogen-bond acceptors (Lipinski definition) is 4. The Hall–Kier alpha value is 0.0600. The van der Waals surface area contributed by atoms with E-state index < -0.39 is 6.10 Å². The lowest BCUT2D eigenvalue weighted by molar-refractivity contribution is 0.0943. The second-order valence-electron chi connectivity index (χ2n) is 3.08. The van der Waals surface area contributed by atoms with Crippen LogP contribution in [0, 0.1) is 6.92 Å². The monoisotopic (exact) mass is 279 g/mol. The average Bonchev–Trinajstić information content (AvgIpc) is 2.46. The van der Waals surface area contributed by atoms with Crippen molar-refractivity contribution >= 4 is 27.3 Å². The molecule has 1 aromatic heterocycles. The Bertz CT molecular complexity index is 271. The number of rotatable bonds is 5. The second-order valence-corrected chi connectivity index (χ2v) is 5.28. The highest BCUT2D eigenvalue weighted by molar-refractivity contribution is 9.10. The Balaban J connectivity index is 2.31. The van der Waals surface area contributed by atoms with Gasteiger partial charge in [0, 0.05) is 27.3 Å². The summed E-state index contributed by atoms with van der Waals surface area (Å²) in [5, 5.41) is 20.7. The fraction of sp³-hybridized carbons (Fsp3) is 0.556. The first-order valence-electron chi connectivity index (χ1n) is 4.38. The van der Waals surface area contributed by atoms with Crippen LogP contribution in [-0.2, 0) is 6.54 Å². The third-order valence-electron chi connectivity index (χ3n) is 1.80. The quantitative estimate of drug-likeness (QED) is 0.761. The van der Waals surface area contributed by atoms with Crippen LogP contribution < -0.4 is 5.32 Å². The molecule has 5 heteroatoms. The minimum absolute atomic E-state index is 0.194. The summed E-state index contributed by atoms with van der Waals surface area (Å²) in [5.74, 6) is 0. The molecule has 0 fully saturated rings. The summed E-state index contributed by atoms with van der Waals surface area (Å²) in [6.07, 6.45) is -0.667. The van der Waals surface area contributed by atoms with Crippen LogP contribution in [0.4, 0.5) is 0 Å². The van der Waals surface area contributed by atoms with Gasteiger partial charge in [-0.15, -0.1) is 11.3 Å². The van der Waals surface area contributed by atoms with Crippen LogP contribution in [0.15, 0.2) is 10.5 Å². The van der Waals surface area contributed by atoms with E-state index in [0.29, 0.717) is 6.54 Å². The zero-order chi connectivity index (χ0) is 10.6. The number of nitrogens with one attached hydrogen (secondary N) is 1. The summed E-state index contributed by atoms with van der Waals surface area (Å²) in [6.45, 7) is 3.01. The zero-order valence-corrected chi connectivity index (χ0v) is 10.4. The summed E-state index contributed by atoms with van der Waals surface area (Å²) in [6, 6.07) is 2.07. The molecule has 3 nitrogen and oxygen atoms in total. The topological polar surface area (TPSA) is 52.5 Å². The van der Waals surface area contributed by atoms with Crippen molar-refractivity contribution in [2.45, 2.75) is 19.6 Å². The molecule has 0 aliphatic heterocycles. The van der Waals surface area contributed by atoms with Crippen LogP contribution in [0.25, 0.3) is 0 Å². The molecule has 0 aromatic carbocycles. The van der Waals surface area contributed by atoms with Crippen molar-refractivity contribution in [2.75, 3.05) is 13.2 Å². The maximum atomic E-state index is 9.08. The van der Waals surface area contributed by atoms with E-state index in [1.807, 2.05) is 0 Å². The number of hydrogen-bond donors (Lipinski definition) is 3. The van der Waals surface area contributed by atoms with E-state index in [1.54, 1.807) is 11.3 Å². The van der Waals surface area contributed by atoms with Crippen LogP contribution in [0.5, 0.6) is 0 Å². The molecule has 1 rings (SSSR count). The summed E-state index contributed by atoms with van der Waals surface area (Å²) in [4.78, 5) is 2.48. The lowest BCUT2D eigenvalue weighted by atomic mass is 10.3. The van der Waals surface area contributed by atoms with Crippen LogP contribution >= 0.6 is 27.3 Å². The van der Waals surface area contributed by atoms with Gasteiger partial charge in [-0.3, -0.25) is 0 Å². The highest BCUT2D eigenvalue weighted by Gasteiger charge is 2.04. The molecule has 1 aromatic rings.